The third-order valence-electron chi connectivity index (χ3n) is 2.47. The first-order chi connectivity index (χ1) is 7.49. The Morgan fingerprint density at radius 2 is 1.88 bits per heavy atom. The van der Waals surface area contributed by atoms with Gasteiger partial charge in [0.25, 0.3) is 0 Å². The van der Waals surface area contributed by atoms with Gasteiger partial charge in [-0.2, -0.15) is 0 Å². The van der Waals surface area contributed by atoms with Gasteiger partial charge in [0.05, 0.1) is 6.04 Å². The predicted octanol–water partition coefficient (Wildman–Crippen LogP) is 2.62. The lowest BCUT2D eigenvalue weighted by Gasteiger charge is -2.17. The minimum absolute atomic E-state index is 0.142. The summed E-state index contributed by atoms with van der Waals surface area (Å²) in [6.07, 6.45) is 0.711. The fourth-order valence-electron chi connectivity index (χ4n) is 1.55. The molecule has 1 N–H and O–H groups in total. The number of allylic oxidation sites excluding steroid dienone is 1. The average molecular weight is 217 g/mol. The third kappa shape index (κ3) is 3.89. The van der Waals surface area contributed by atoms with Crippen molar-refractivity contribution in [2.45, 2.75) is 33.2 Å². The van der Waals surface area contributed by atoms with E-state index in [9.17, 15) is 4.79 Å². The molecule has 2 heteroatoms. The molecule has 16 heavy (non-hydrogen) atoms. The van der Waals surface area contributed by atoms with Crippen molar-refractivity contribution in [3.63, 3.8) is 0 Å². The first-order valence-corrected chi connectivity index (χ1v) is 5.47. The fraction of sp³-hybridized carbons (Fsp3) is 0.357. The maximum absolute atomic E-state index is 11.4. The predicted molar refractivity (Wildman–Crippen MR) is 67.3 cm³/mol. The Balaban J connectivity index is 2.71. The van der Waals surface area contributed by atoms with Crippen LogP contribution in [0.25, 0.3) is 0 Å². The number of rotatable bonds is 5. The summed E-state index contributed by atoms with van der Waals surface area (Å²) in [6.45, 7) is 9.30. The SMILES string of the molecule is C=C(C)NC(Cc1ccc(C)cc1)C(C)=O. The molecule has 86 valence electrons. The molecule has 0 aliphatic heterocycles. The molecule has 1 rings (SSSR count). The number of hydrogen-bond donors (Lipinski definition) is 1. The second kappa shape index (κ2) is 5.50. The fourth-order valence-corrected chi connectivity index (χ4v) is 1.55. The largest absolute Gasteiger partial charge is 0.379 e. The van der Waals surface area contributed by atoms with Crippen LogP contribution < -0.4 is 5.32 Å². The van der Waals surface area contributed by atoms with Crippen LogP contribution in [0.2, 0.25) is 0 Å². The molecule has 0 bridgehead atoms. The Kier molecular flexibility index (Phi) is 4.29. The summed E-state index contributed by atoms with van der Waals surface area (Å²) in [5.41, 5.74) is 3.22. The van der Waals surface area contributed by atoms with E-state index in [1.807, 2.05) is 6.92 Å². The van der Waals surface area contributed by atoms with Crippen molar-refractivity contribution in [2.75, 3.05) is 0 Å². The standard InChI is InChI=1S/C14H19NO/c1-10(2)15-14(12(4)16)9-13-7-5-11(3)6-8-13/h5-8,14-15H,1,9H2,2-4H3. The molecule has 0 spiro atoms. The molecule has 0 aromatic heterocycles. The number of Topliss-reactive ketones (excluding diaryl/α,β-unsaturated/α-hetero) is 1. The van der Waals surface area contributed by atoms with Gasteiger partial charge < -0.3 is 5.32 Å². The quantitative estimate of drug-likeness (QED) is 0.821. The van der Waals surface area contributed by atoms with Gasteiger partial charge in [-0.15, -0.1) is 0 Å². The van der Waals surface area contributed by atoms with Crippen molar-refractivity contribution in [1.82, 2.24) is 5.32 Å². The van der Waals surface area contributed by atoms with E-state index >= 15 is 0 Å². The Labute approximate surface area is 97.4 Å². The van der Waals surface area contributed by atoms with Crippen LogP contribution in [0.4, 0.5) is 0 Å². The van der Waals surface area contributed by atoms with Gasteiger partial charge in [-0.1, -0.05) is 36.4 Å². The summed E-state index contributed by atoms with van der Waals surface area (Å²) in [6, 6.07) is 8.08. The monoisotopic (exact) mass is 217 g/mol. The van der Waals surface area contributed by atoms with E-state index in [0.717, 1.165) is 5.70 Å². The number of carbonyl (C=O) groups is 1. The van der Waals surface area contributed by atoms with Crippen molar-refractivity contribution in [3.8, 4) is 0 Å². The minimum Gasteiger partial charge on any atom is -0.379 e. The molecular formula is C14H19NO. The smallest absolute Gasteiger partial charge is 0.152 e. The Morgan fingerprint density at radius 1 is 1.31 bits per heavy atom. The molecule has 0 fully saturated rings. The number of ketones is 1. The van der Waals surface area contributed by atoms with E-state index in [4.69, 9.17) is 0 Å². The highest BCUT2D eigenvalue weighted by Gasteiger charge is 2.13. The summed E-state index contributed by atoms with van der Waals surface area (Å²) >= 11 is 0. The molecule has 1 aromatic rings. The van der Waals surface area contributed by atoms with Crippen molar-refractivity contribution in [1.29, 1.82) is 0 Å². The van der Waals surface area contributed by atoms with E-state index in [1.165, 1.54) is 11.1 Å². The maximum atomic E-state index is 11.4. The van der Waals surface area contributed by atoms with Gasteiger partial charge in [0.1, 0.15) is 0 Å². The molecule has 1 aromatic carbocycles. The zero-order chi connectivity index (χ0) is 12.1. The van der Waals surface area contributed by atoms with Crippen LogP contribution in [0, 0.1) is 6.92 Å². The van der Waals surface area contributed by atoms with Crippen molar-refractivity contribution >= 4 is 5.78 Å². The Hall–Kier alpha value is -1.57. The minimum atomic E-state index is -0.166. The normalized spacial score (nSPS) is 11.9. The number of carbonyl (C=O) groups excluding carboxylic acids is 1. The molecule has 0 amide bonds. The van der Waals surface area contributed by atoms with E-state index in [-0.39, 0.29) is 11.8 Å². The number of nitrogens with one attached hydrogen (secondary N) is 1. The molecule has 1 unspecified atom stereocenters. The van der Waals surface area contributed by atoms with Gasteiger partial charge in [-0.25, -0.2) is 0 Å². The van der Waals surface area contributed by atoms with Crippen LogP contribution in [0.15, 0.2) is 36.5 Å². The van der Waals surface area contributed by atoms with Crippen LogP contribution >= 0.6 is 0 Å². The molecule has 0 radical (unpaired) electrons. The lowest BCUT2D eigenvalue weighted by atomic mass is 10.0. The summed E-state index contributed by atoms with van der Waals surface area (Å²) in [7, 11) is 0. The molecule has 0 aliphatic rings. The van der Waals surface area contributed by atoms with Crippen LogP contribution in [-0.4, -0.2) is 11.8 Å². The molecule has 0 heterocycles. The van der Waals surface area contributed by atoms with Crippen LogP contribution in [-0.2, 0) is 11.2 Å². The van der Waals surface area contributed by atoms with Gasteiger partial charge >= 0.3 is 0 Å². The molecular weight excluding hydrogens is 198 g/mol. The van der Waals surface area contributed by atoms with Gasteiger partial charge in [-0.3, -0.25) is 4.79 Å². The van der Waals surface area contributed by atoms with E-state index in [2.05, 4.69) is 43.1 Å². The van der Waals surface area contributed by atoms with E-state index in [1.54, 1.807) is 6.92 Å². The second-order valence-corrected chi connectivity index (χ2v) is 4.28. The number of aryl methyl sites for hydroxylation is 1. The average Bonchev–Trinajstić information content (AvgIpc) is 2.19. The van der Waals surface area contributed by atoms with E-state index < -0.39 is 0 Å². The summed E-state index contributed by atoms with van der Waals surface area (Å²) in [5, 5.41) is 3.10. The van der Waals surface area contributed by atoms with Gasteiger partial charge in [-0.05, 0) is 32.8 Å². The topological polar surface area (TPSA) is 29.1 Å². The highest BCUT2D eigenvalue weighted by molar-refractivity contribution is 5.82. The molecule has 0 saturated carbocycles. The second-order valence-electron chi connectivity index (χ2n) is 4.28. The molecule has 0 saturated heterocycles. The molecule has 2 nitrogen and oxygen atoms in total. The van der Waals surface area contributed by atoms with Gasteiger partial charge in [0.15, 0.2) is 5.78 Å². The Morgan fingerprint density at radius 3 is 2.31 bits per heavy atom. The highest BCUT2D eigenvalue weighted by Crippen LogP contribution is 2.07. The maximum Gasteiger partial charge on any atom is 0.152 e. The number of hydrogen-bond acceptors (Lipinski definition) is 2. The van der Waals surface area contributed by atoms with Crippen molar-refractivity contribution in [3.05, 3.63) is 47.7 Å². The van der Waals surface area contributed by atoms with Crippen molar-refractivity contribution < 1.29 is 4.79 Å². The highest BCUT2D eigenvalue weighted by atomic mass is 16.1. The Bertz CT molecular complexity index is 378. The summed E-state index contributed by atoms with van der Waals surface area (Å²) in [5.74, 6) is 0.142. The van der Waals surface area contributed by atoms with Crippen molar-refractivity contribution in [2.24, 2.45) is 0 Å². The lowest BCUT2D eigenvalue weighted by molar-refractivity contribution is -0.118. The number of benzene rings is 1. The summed E-state index contributed by atoms with van der Waals surface area (Å²) < 4.78 is 0. The van der Waals surface area contributed by atoms with E-state index in [0.29, 0.717) is 6.42 Å². The first kappa shape index (κ1) is 12.5. The zero-order valence-corrected chi connectivity index (χ0v) is 10.2. The van der Waals surface area contributed by atoms with Gasteiger partial charge in [0, 0.05) is 5.70 Å². The zero-order valence-electron chi connectivity index (χ0n) is 10.2. The lowest BCUT2D eigenvalue weighted by Crippen LogP contribution is -2.35. The molecule has 0 aliphatic carbocycles. The summed E-state index contributed by atoms with van der Waals surface area (Å²) in [4.78, 5) is 11.4. The van der Waals surface area contributed by atoms with Crippen LogP contribution in [0.3, 0.4) is 0 Å². The molecule has 1 atom stereocenters. The first-order valence-electron chi connectivity index (χ1n) is 5.47. The van der Waals surface area contributed by atoms with Crippen LogP contribution in [0.1, 0.15) is 25.0 Å². The van der Waals surface area contributed by atoms with Gasteiger partial charge in [0.2, 0.25) is 0 Å². The van der Waals surface area contributed by atoms with Crippen LogP contribution in [0.5, 0.6) is 0 Å². The third-order valence-corrected chi connectivity index (χ3v) is 2.47.